The van der Waals surface area contributed by atoms with Gasteiger partial charge in [0, 0.05) is 16.7 Å². The predicted molar refractivity (Wildman–Crippen MR) is 64.9 cm³/mol. The van der Waals surface area contributed by atoms with Crippen LogP contribution in [0.4, 0.5) is 5.69 Å². The summed E-state index contributed by atoms with van der Waals surface area (Å²) in [5.41, 5.74) is 7.33. The number of benzene rings is 1. The number of aromatic nitrogens is 3. The minimum atomic E-state index is -0.0148. The van der Waals surface area contributed by atoms with Crippen molar-refractivity contribution >= 4 is 5.69 Å². The number of rotatable bonds is 1. The second-order valence-electron chi connectivity index (χ2n) is 4.88. The molecule has 16 heavy (non-hydrogen) atoms. The zero-order valence-corrected chi connectivity index (χ0v) is 9.78. The zero-order valence-electron chi connectivity index (χ0n) is 9.78. The second-order valence-corrected chi connectivity index (χ2v) is 4.88. The zero-order chi connectivity index (χ0) is 11.8. The van der Waals surface area contributed by atoms with E-state index in [2.05, 4.69) is 36.0 Å². The van der Waals surface area contributed by atoms with Crippen LogP contribution in [0.3, 0.4) is 0 Å². The highest BCUT2D eigenvalue weighted by atomic mass is 15.2. The molecule has 0 aliphatic heterocycles. The van der Waals surface area contributed by atoms with Crippen LogP contribution in [0.2, 0.25) is 0 Å². The third-order valence-electron chi connectivity index (χ3n) is 2.36. The summed E-state index contributed by atoms with van der Waals surface area (Å²) in [6.07, 6.45) is 0. The molecule has 0 radical (unpaired) electrons. The Labute approximate surface area is 94.9 Å². The fourth-order valence-corrected chi connectivity index (χ4v) is 1.36. The SMILES string of the molecule is CC(C)(C)c1nc(-c2ccc(N)cc2)n[nH]1. The van der Waals surface area contributed by atoms with Gasteiger partial charge in [-0.1, -0.05) is 20.8 Å². The quantitative estimate of drug-likeness (QED) is 0.719. The molecule has 0 spiro atoms. The minimum Gasteiger partial charge on any atom is -0.399 e. The molecule has 0 saturated carbocycles. The molecule has 0 amide bonds. The van der Waals surface area contributed by atoms with Gasteiger partial charge in [-0.3, -0.25) is 5.10 Å². The number of hydrogen-bond acceptors (Lipinski definition) is 3. The van der Waals surface area contributed by atoms with E-state index >= 15 is 0 Å². The van der Waals surface area contributed by atoms with Gasteiger partial charge in [0.05, 0.1) is 0 Å². The standard InChI is InChI=1S/C12H16N4/c1-12(2,3)11-14-10(15-16-11)8-4-6-9(13)7-5-8/h4-7H,13H2,1-3H3,(H,14,15,16). The number of nitrogens with one attached hydrogen (secondary N) is 1. The minimum absolute atomic E-state index is 0.0148. The van der Waals surface area contributed by atoms with Gasteiger partial charge in [-0.15, -0.1) is 0 Å². The summed E-state index contributed by atoms with van der Waals surface area (Å²) in [5.74, 6) is 1.60. The predicted octanol–water partition coefficient (Wildman–Crippen LogP) is 2.35. The fourth-order valence-electron chi connectivity index (χ4n) is 1.36. The van der Waals surface area contributed by atoms with Crippen LogP contribution in [0.25, 0.3) is 11.4 Å². The van der Waals surface area contributed by atoms with E-state index in [0.29, 0.717) is 5.82 Å². The average molecular weight is 216 g/mol. The molecule has 0 bridgehead atoms. The van der Waals surface area contributed by atoms with E-state index in [-0.39, 0.29) is 5.41 Å². The lowest BCUT2D eigenvalue weighted by atomic mass is 9.96. The number of aromatic amines is 1. The van der Waals surface area contributed by atoms with Gasteiger partial charge >= 0.3 is 0 Å². The monoisotopic (exact) mass is 216 g/mol. The van der Waals surface area contributed by atoms with Crippen molar-refractivity contribution in [2.45, 2.75) is 26.2 Å². The fraction of sp³-hybridized carbons (Fsp3) is 0.333. The van der Waals surface area contributed by atoms with Gasteiger partial charge in [0.2, 0.25) is 0 Å². The summed E-state index contributed by atoms with van der Waals surface area (Å²) in [5, 5.41) is 7.17. The molecule has 2 aromatic rings. The summed E-state index contributed by atoms with van der Waals surface area (Å²) >= 11 is 0. The number of anilines is 1. The van der Waals surface area contributed by atoms with Crippen molar-refractivity contribution in [3.8, 4) is 11.4 Å². The molecule has 0 fully saturated rings. The number of H-pyrrole nitrogens is 1. The Balaban J connectivity index is 2.35. The van der Waals surface area contributed by atoms with E-state index in [1.807, 2.05) is 24.3 Å². The van der Waals surface area contributed by atoms with Crippen molar-refractivity contribution in [1.82, 2.24) is 15.2 Å². The normalized spacial score (nSPS) is 11.7. The maximum absolute atomic E-state index is 5.63. The molecule has 1 aromatic carbocycles. The van der Waals surface area contributed by atoms with E-state index in [9.17, 15) is 0 Å². The molecular weight excluding hydrogens is 200 g/mol. The van der Waals surface area contributed by atoms with Gasteiger partial charge in [-0.25, -0.2) is 4.98 Å². The van der Waals surface area contributed by atoms with Crippen molar-refractivity contribution in [3.05, 3.63) is 30.1 Å². The molecule has 0 aliphatic carbocycles. The topological polar surface area (TPSA) is 67.6 Å². The summed E-state index contributed by atoms with van der Waals surface area (Å²) in [6.45, 7) is 6.29. The highest BCUT2D eigenvalue weighted by Gasteiger charge is 2.18. The summed E-state index contributed by atoms with van der Waals surface area (Å²) in [6, 6.07) is 7.54. The molecule has 0 atom stereocenters. The van der Waals surface area contributed by atoms with Crippen LogP contribution in [-0.2, 0) is 5.41 Å². The van der Waals surface area contributed by atoms with Crippen molar-refractivity contribution in [1.29, 1.82) is 0 Å². The third kappa shape index (κ3) is 2.05. The molecule has 0 unspecified atom stereocenters. The van der Waals surface area contributed by atoms with Crippen molar-refractivity contribution < 1.29 is 0 Å². The Bertz CT molecular complexity index is 476. The lowest BCUT2D eigenvalue weighted by Gasteiger charge is -2.12. The first-order valence-corrected chi connectivity index (χ1v) is 5.25. The van der Waals surface area contributed by atoms with Gasteiger partial charge in [0.1, 0.15) is 5.82 Å². The molecular formula is C12H16N4. The van der Waals surface area contributed by atoms with Crippen molar-refractivity contribution in [2.75, 3.05) is 5.73 Å². The molecule has 3 N–H and O–H groups in total. The van der Waals surface area contributed by atoms with E-state index in [1.165, 1.54) is 0 Å². The number of hydrogen-bond donors (Lipinski definition) is 2. The molecule has 84 valence electrons. The van der Waals surface area contributed by atoms with Gasteiger partial charge in [0.25, 0.3) is 0 Å². The number of nitrogen functional groups attached to an aromatic ring is 1. The van der Waals surface area contributed by atoms with Crippen LogP contribution >= 0.6 is 0 Å². The van der Waals surface area contributed by atoms with Gasteiger partial charge in [-0.05, 0) is 24.3 Å². The number of nitrogens with two attached hydrogens (primary N) is 1. The second kappa shape index (κ2) is 3.63. The Morgan fingerprint density at radius 1 is 1.12 bits per heavy atom. The maximum Gasteiger partial charge on any atom is 0.181 e. The first kappa shape index (κ1) is 10.7. The van der Waals surface area contributed by atoms with Crippen LogP contribution in [0.15, 0.2) is 24.3 Å². The van der Waals surface area contributed by atoms with E-state index in [0.717, 1.165) is 17.1 Å². The summed E-state index contributed by atoms with van der Waals surface area (Å²) < 4.78 is 0. The van der Waals surface area contributed by atoms with Gasteiger partial charge in [0.15, 0.2) is 5.82 Å². The Morgan fingerprint density at radius 3 is 2.25 bits per heavy atom. The average Bonchev–Trinajstić information content (AvgIpc) is 2.67. The molecule has 1 aromatic heterocycles. The van der Waals surface area contributed by atoms with Crippen LogP contribution in [-0.4, -0.2) is 15.2 Å². The van der Waals surface area contributed by atoms with Gasteiger partial charge in [-0.2, -0.15) is 5.10 Å². The van der Waals surface area contributed by atoms with Crippen LogP contribution < -0.4 is 5.73 Å². The lowest BCUT2D eigenvalue weighted by Crippen LogP contribution is -2.13. The summed E-state index contributed by atoms with van der Waals surface area (Å²) in [4.78, 5) is 4.47. The summed E-state index contributed by atoms with van der Waals surface area (Å²) in [7, 11) is 0. The number of nitrogens with zero attached hydrogens (tertiary/aromatic N) is 2. The molecule has 0 aliphatic rings. The Morgan fingerprint density at radius 2 is 1.75 bits per heavy atom. The van der Waals surface area contributed by atoms with E-state index in [1.54, 1.807) is 0 Å². The molecule has 4 heteroatoms. The first-order chi connectivity index (χ1) is 7.47. The van der Waals surface area contributed by atoms with E-state index in [4.69, 9.17) is 5.73 Å². The molecule has 1 heterocycles. The maximum atomic E-state index is 5.63. The highest BCUT2D eigenvalue weighted by molar-refractivity contribution is 5.58. The lowest BCUT2D eigenvalue weighted by molar-refractivity contribution is 0.548. The molecule has 2 rings (SSSR count). The Hall–Kier alpha value is -1.84. The smallest absolute Gasteiger partial charge is 0.181 e. The highest BCUT2D eigenvalue weighted by Crippen LogP contribution is 2.22. The van der Waals surface area contributed by atoms with Gasteiger partial charge < -0.3 is 5.73 Å². The van der Waals surface area contributed by atoms with Crippen molar-refractivity contribution in [3.63, 3.8) is 0 Å². The third-order valence-corrected chi connectivity index (χ3v) is 2.36. The first-order valence-electron chi connectivity index (χ1n) is 5.25. The van der Waals surface area contributed by atoms with Crippen LogP contribution in [0.1, 0.15) is 26.6 Å². The largest absolute Gasteiger partial charge is 0.399 e. The van der Waals surface area contributed by atoms with E-state index < -0.39 is 0 Å². The Kier molecular flexibility index (Phi) is 2.42. The molecule has 4 nitrogen and oxygen atoms in total. The van der Waals surface area contributed by atoms with Crippen molar-refractivity contribution in [2.24, 2.45) is 0 Å². The van der Waals surface area contributed by atoms with Crippen LogP contribution in [0.5, 0.6) is 0 Å². The van der Waals surface area contributed by atoms with Crippen LogP contribution in [0, 0.1) is 0 Å². The molecule has 0 saturated heterocycles.